The van der Waals surface area contributed by atoms with Crippen LogP contribution in [0.25, 0.3) is 10.8 Å². The molecule has 1 aliphatic rings. The zero-order chi connectivity index (χ0) is 26.6. The highest BCUT2D eigenvalue weighted by Crippen LogP contribution is 2.38. The Kier molecular flexibility index (Phi) is 8.67. The number of benzene rings is 3. The Hall–Kier alpha value is -2.74. The predicted molar refractivity (Wildman–Crippen MR) is 130 cm³/mol. The van der Waals surface area contributed by atoms with E-state index >= 15 is 4.39 Å². The normalized spacial score (nSPS) is 18.4. The third-order valence-corrected chi connectivity index (χ3v) is 7.23. The fraction of sp³-hybridized carbons (Fsp3) is 0.448. The first kappa shape index (κ1) is 27.3. The van der Waals surface area contributed by atoms with Gasteiger partial charge in [-0.25, -0.2) is 13.2 Å². The van der Waals surface area contributed by atoms with Gasteiger partial charge < -0.3 is 9.47 Å². The summed E-state index contributed by atoms with van der Waals surface area (Å²) in [6, 6.07) is 11.2. The summed E-state index contributed by atoms with van der Waals surface area (Å²) in [4.78, 5) is 0. The molecule has 4 rings (SSSR count). The van der Waals surface area contributed by atoms with E-state index in [0.29, 0.717) is 22.8 Å². The lowest BCUT2D eigenvalue weighted by Gasteiger charge is -2.29. The van der Waals surface area contributed by atoms with Gasteiger partial charge in [-0.15, -0.1) is 0 Å². The number of alkyl halides is 3. The number of hydrogen-bond acceptors (Lipinski definition) is 2. The van der Waals surface area contributed by atoms with E-state index in [9.17, 15) is 22.0 Å². The van der Waals surface area contributed by atoms with E-state index in [1.54, 1.807) is 19.2 Å². The summed E-state index contributed by atoms with van der Waals surface area (Å²) in [5.74, 6) is -2.74. The van der Waals surface area contributed by atoms with Gasteiger partial charge in [0.05, 0.1) is 0 Å². The van der Waals surface area contributed by atoms with Crippen molar-refractivity contribution in [2.75, 3.05) is 20.3 Å². The Labute approximate surface area is 212 Å². The van der Waals surface area contributed by atoms with Crippen LogP contribution >= 0.6 is 0 Å². The quantitative estimate of drug-likeness (QED) is 0.262. The first-order valence-corrected chi connectivity index (χ1v) is 12.5. The summed E-state index contributed by atoms with van der Waals surface area (Å²) in [7, 11) is 1.73. The van der Waals surface area contributed by atoms with Gasteiger partial charge >= 0.3 is 6.18 Å². The highest BCUT2D eigenvalue weighted by Gasteiger charge is 2.30. The number of halogens is 6. The van der Waals surface area contributed by atoms with Gasteiger partial charge in [0.15, 0.2) is 24.0 Å². The van der Waals surface area contributed by atoms with Crippen molar-refractivity contribution in [3.8, 4) is 5.75 Å². The molecule has 0 aliphatic heterocycles. The van der Waals surface area contributed by atoms with Crippen molar-refractivity contribution in [1.29, 1.82) is 0 Å². The molecule has 1 saturated carbocycles. The van der Waals surface area contributed by atoms with E-state index in [0.717, 1.165) is 56.2 Å². The fourth-order valence-corrected chi connectivity index (χ4v) is 5.20. The molecule has 0 spiro atoms. The number of methoxy groups -OCH3 is 1. The Bertz CT molecular complexity index is 1190. The lowest BCUT2D eigenvalue weighted by Crippen LogP contribution is -2.20. The molecule has 0 unspecified atom stereocenters. The average molecular weight is 525 g/mol. The molecule has 3 aromatic rings. The molecule has 0 aromatic heterocycles. The van der Waals surface area contributed by atoms with E-state index < -0.39 is 30.2 Å². The summed E-state index contributed by atoms with van der Waals surface area (Å²) < 4.78 is 89.9. The maximum atomic E-state index is 15.3. The van der Waals surface area contributed by atoms with Crippen LogP contribution in [0.3, 0.4) is 0 Å². The van der Waals surface area contributed by atoms with E-state index in [4.69, 9.17) is 4.74 Å². The van der Waals surface area contributed by atoms with Gasteiger partial charge in [0.25, 0.3) is 0 Å². The molecule has 8 heteroatoms. The fourth-order valence-electron chi connectivity index (χ4n) is 5.20. The largest absolute Gasteiger partial charge is 0.478 e. The average Bonchev–Trinajstić information content (AvgIpc) is 2.86. The van der Waals surface area contributed by atoms with E-state index in [1.807, 2.05) is 18.2 Å². The van der Waals surface area contributed by atoms with Crippen molar-refractivity contribution in [3.05, 3.63) is 76.6 Å². The number of ether oxygens (including phenoxy) is 2. The van der Waals surface area contributed by atoms with Crippen LogP contribution in [-0.2, 0) is 17.6 Å². The van der Waals surface area contributed by atoms with Gasteiger partial charge in [0.1, 0.15) is 5.82 Å². The molecule has 0 atom stereocenters. The molecule has 0 saturated heterocycles. The van der Waals surface area contributed by atoms with Crippen LogP contribution in [0.4, 0.5) is 26.3 Å². The first-order valence-electron chi connectivity index (χ1n) is 12.5. The summed E-state index contributed by atoms with van der Waals surface area (Å²) in [6.07, 6.45) is 1.20. The van der Waals surface area contributed by atoms with Crippen LogP contribution in [-0.4, -0.2) is 26.5 Å². The Morgan fingerprint density at radius 2 is 1.57 bits per heavy atom. The van der Waals surface area contributed by atoms with Crippen LogP contribution in [0.15, 0.2) is 42.5 Å². The van der Waals surface area contributed by atoms with Crippen molar-refractivity contribution < 1.29 is 35.8 Å². The highest BCUT2D eigenvalue weighted by molar-refractivity contribution is 5.84. The summed E-state index contributed by atoms with van der Waals surface area (Å²) >= 11 is 0. The van der Waals surface area contributed by atoms with E-state index in [1.165, 1.54) is 5.56 Å². The monoisotopic (exact) mass is 524 g/mol. The van der Waals surface area contributed by atoms with Gasteiger partial charge in [-0.1, -0.05) is 30.3 Å². The van der Waals surface area contributed by atoms with Gasteiger partial charge in [-0.2, -0.15) is 13.2 Å². The summed E-state index contributed by atoms with van der Waals surface area (Å²) in [5, 5.41) is 1.30. The van der Waals surface area contributed by atoms with Gasteiger partial charge in [0, 0.05) is 19.1 Å². The van der Waals surface area contributed by atoms with Gasteiger partial charge in [-0.3, -0.25) is 0 Å². The number of fused-ring (bicyclic) bond motifs is 1. The van der Waals surface area contributed by atoms with Crippen molar-refractivity contribution >= 4 is 10.8 Å². The minimum atomic E-state index is -4.71. The molecule has 3 aromatic carbocycles. The maximum Gasteiger partial charge on any atom is 0.422 e. The standard InChI is InChI=1S/C29H30F6O2/c1-36-13-12-18-2-5-20(6-3-18)22-10-11-24-23(16-22)9-8-21(27(24)32)7-4-19-14-25(30)28(26(31)15-19)37-17-29(33,34)35/h8-11,14-16,18,20H,2-7,12-13,17H2,1H3. The maximum absolute atomic E-state index is 15.3. The third kappa shape index (κ3) is 6.98. The number of hydrogen-bond donors (Lipinski definition) is 0. The zero-order valence-electron chi connectivity index (χ0n) is 20.6. The smallest absolute Gasteiger partial charge is 0.422 e. The molecular weight excluding hydrogens is 494 g/mol. The zero-order valence-corrected chi connectivity index (χ0v) is 20.6. The summed E-state index contributed by atoms with van der Waals surface area (Å²) in [6.45, 7) is -1.00. The molecule has 1 aliphatic carbocycles. The molecule has 0 amide bonds. The van der Waals surface area contributed by atoms with Crippen molar-refractivity contribution in [2.45, 2.75) is 57.0 Å². The molecule has 0 bridgehead atoms. The number of rotatable bonds is 9. The second-order valence-electron chi connectivity index (χ2n) is 9.81. The van der Waals surface area contributed by atoms with Crippen molar-refractivity contribution in [1.82, 2.24) is 0 Å². The highest BCUT2D eigenvalue weighted by atomic mass is 19.4. The number of aryl methyl sites for hydroxylation is 2. The van der Waals surface area contributed by atoms with E-state index in [2.05, 4.69) is 4.74 Å². The molecule has 0 N–H and O–H groups in total. The SMILES string of the molecule is COCCC1CCC(c2ccc3c(F)c(CCc4cc(F)c(OCC(F)(F)F)c(F)c4)ccc3c2)CC1. The Balaban J connectivity index is 1.42. The first-order chi connectivity index (χ1) is 17.6. The summed E-state index contributed by atoms with van der Waals surface area (Å²) in [5.41, 5.74) is 1.81. The second kappa shape index (κ2) is 11.8. The Morgan fingerprint density at radius 3 is 2.22 bits per heavy atom. The lowest BCUT2D eigenvalue weighted by molar-refractivity contribution is -0.154. The minimum absolute atomic E-state index is 0.111. The van der Waals surface area contributed by atoms with Gasteiger partial charge in [-0.05, 0) is 91.0 Å². The molecular formula is C29H30F6O2. The van der Waals surface area contributed by atoms with Crippen LogP contribution < -0.4 is 4.74 Å². The molecule has 1 fully saturated rings. The van der Waals surface area contributed by atoms with Crippen LogP contribution in [0.5, 0.6) is 5.75 Å². The van der Waals surface area contributed by atoms with E-state index in [-0.39, 0.29) is 24.2 Å². The van der Waals surface area contributed by atoms with Crippen LogP contribution in [0.1, 0.15) is 54.7 Å². The van der Waals surface area contributed by atoms with Crippen LogP contribution in [0, 0.1) is 23.4 Å². The lowest BCUT2D eigenvalue weighted by atomic mass is 9.77. The van der Waals surface area contributed by atoms with Crippen molar-refractivity contribution in [2.24, 2.45) is 5.92 Å². The Morgan fingerprint density at radius 1 is 0.865 bits per heavy atom. The molecule has 37 heavy (non-hydrogen) atoms. The predicted octanol–water partition coefficient (Wildman–Crippen LogP) is 8.29. The van der Waals surface area contributed by atoms with Crippen LogP contribution in [0.2, 0.25) is 0 Å². The van der Waals surface area contributed by atoms with Gasteiger partial charge in [0.2, 0.25) is 0 Å². The molecule has 0 heterocycles. The minimum Gasteiger partial charge on any atom is -0.478 e. The third-order valence-electron chi connectivity index (χ3n) is 7.23. The topological polar surface area (TPSA) is 18.5 Å². The molecule has 200 valence electrons. The van der Waals surface area contributed by atoms with Crippen molar-refractivity contribution in [3.63, 3.8) is 0 Å². The molecule has 2 nitrogen and oxygen atoms in total. The molecule has 0 radical (unpaired) electrons. The second-order valence-corrected chi connectivity index (χ2v) is 9.81.